The molecule has 0 aliphatic carbocycles. The van der Waals surface area contributed by atoms with Crippen LogP contribution in [0.4, 0.5) is 0 Å². The molecule has 0 aromatic carbocycles. The molecule has 0 N–H and O–H groups in total. The lowest BCUT2D eigenvalue weighted by atomic mass is 9.83. The van der Waals surface area contributed by atoms with E-state index >= 15 is 0 Å². The number of hydrogen-bond acceptors (Lipinski definition) is 7. The SMILES string of the molecule is O=S1(=O)CC[C@H](COc2ncccn2)C12CN(Cc1ccco1)C2. The van der Waals surface area contributed by atoms with Gasteiger partial charge in [-0.2, -0.15) is 0 Å². The lowest BCUT2D eigenvalue weighted by Crippen LogP contribution is -2.67. The lowest BCUT2D eigenvalue weighted by Gasteiger charge is -2.49. The summed E-state index contributed by atoms with van der Waals surface area (Å²) in [7, 11) is -3.11. The van der Waals surface area contributed by atoms with Crippen molar-refractivity contribution in [3.63, 3.8) is 0 Å². The number of ether oxygens (including phenoxy) is 1. The fraction of sp³-hybridized carbons (Fsp3) is 0.500. The predicted octanol–water partition coefficient (Wildman–Crippen LogP) is 1.14. The molecule has 2 saturated heterocycles. The average Bonchev–Trinajstić information content (AvgIpc) is 3.13. The quantitative estimate of drug-likeness (QED) is 0.800. The van der Waals surface area contributed by atoms with Crippen LogP contribution in [0.15, 0.2) is 41.3 Å². The Labute approximate surface area is 140 Å². The lowest BCUT2D eigenvalue weighted by molar-refractivity contribution is 0.0522. The van der Waals surface area contributed by atoms with Gasteiger partial charge in [-0.25, -0.2) is 18.4 Å². The second-order valence-electron chi connectivity index (χ2n) is 6.44. The molecule has 0 unspecified atom stereocenters. The summed E-state index contributed by atoms with van der Waals surface area (Å²) in [5, 5.41) is 0. The number of hydrogen-bond donors (Lipinski definition) is 0. The molecule has 24 heavy (non-hydrogen) atoms. The second kappa shape index (κ2) is 5.86. The first kappa shape index (κ1) is 15.6. The molecule has 2 aliphatic rings. The van der Waals surface area contributed by atoms with Gasteiger partial charge in [-0.1, -0.05) is 0 Å². The molecule has 7 nitrogen and oxygen atoms in total. The third kappa shape index (κ3) is 2.59. The fourth-order valence-corrected chi connectivity index (χ4v) is 6.14. The van der Waals surface area contributed by atoms with E-state index in [9.17, 15) is 8.42 Å². The highest BCUT2D eigenvalue weighted by atomic mass is 32.2. The van der Waals surface area contributed by atoms with Gasteiger partial charge < -0.3 is 9.15 Å². The molecule has 128 valence electrons. The molecule has 4 rings (SSSR count). The Morgan fingerprint density at radius 1 is 1.29 bits per heavy atom. The first-order chi connectivity index (χ1) is 11.6. The van der Waals surface area contributed by atoms with Crippen molar-refractivity contribution >= 4 is 9.84 Å². The van der Waals surface area contributed by atoms with E-state index in [4.69, 9.17) is 9.15 Å². The first-order valence-electron chi connectivity index (χ1n) is 7.96. The zero-order chi connectivity index (χ0) is 16.6. The highest BCUT2D eigenvalue weighted by Gasteiger charge is 2.61. The molecular weight excluding hydrogens is 330 g/mol. The number of nitrogens with zero attached hydrogens (tertiary/aromatic N) is 3. The van der Waals surface area contributed by atoms with Crippen LogP contribution >= 0.6 is 0 Å². The number of furan rings is 1. The van der Waals surface area contributed by atoms with E-state index in [1.54, 1.807) is 24.7 Å². The van der Waals surface area contributed by atoms with Gasteiger partial charge in [0.1, 0.15) is 10.5 Å². The van der Waals surface area contributed by atoms with E-state index in [1.807, 2.05) is 12.1 Å². The van der Waals surface area contributed by atoms with E-state index in [1.165, 1.54) is 0 Å². The van der Waals surface area contributed by atoms with Gasteiger partial charge in [0.15, 0.2) is 9.84 Å². The first-order valence-corrected chi connectivity index (χ1v) is 9.61. The van der Waals surface area contributed by atoms with Crippen molar-refractivity contribution in [1.82, 2.24) is 14.9 Å². The van der Waals surface area contributed by atoms with Crippen LogP contribution in [0.3, 0.4) is 0 Å². The Bertz CT molecular complexity index is 786. The highest BCUT2D eigenvalue weighted by molar-refractivity contribution is 7.93. The van der Waals surface area contributed by atoms with Crippen LogP contribution in [0, 0.1) is 5.92 Å². The largest absolute Gasteiger partial charge is 0.468 e. The van der Waals surface area contributed by atoms with Gasteiger partial charge in [-0.05, 0) is 24.6 Å². The molecule has 0 bridgehead atoms. The summed E-state index contributed by atoms with van der Waals surface area (Å²) in [5.41, 5.74) is 0. The average molecular weight is 349 g/mol. The van der Waals surface area contributed by atoms with E-state index in [-0.39, 0.29) is 11.7 Å². The maximum absolute atomic E-state index is 12.6. The van der Waals surface area contributed by atoms with E-state index in [0.717, 1.165) is 5.76 Å². The Balaban J connectivity index is 1.43. The molecule has 0 saturated carbocycles. The van der Waals surface area contributed by atoms with Gasteiger partial charge in [0.2, 0.25) is 0 Å². The summed E-state index contributed by atoms with van der Waals surface area (Å²) < 4.78 is 35.5. The van der Waals surface area contributed by atoms with Crippen LogP contribution in [0.25, 0.3) is 0 Å². The molecule has 2 aliphatic heterocycles. The van der Waals surface area contributed by atoms with E-state index < -0.39 is 14.6 Å². The van der Waals surface area contributed by atoms with E-state index in [0.29, 0.717) is 38.7 Å². The van der Waals surface area contributed by atoms with Crippen LogP contribution in [-0.4, -0.2) is 53.5 Å². The van der Waals surface area contributed by atoms with Crippen molar-refractivity contribution in [2.75, 3.05) is 25.4 Å². The van der Waals surface area contributed by atoms with Crippen molar-refractivity contribution < 1.29 is 17.6 Å². The fourth-order valence-electron chi connectivity index (χ4n) is 3.69. The monoisotopic (exact) mass is 349 g/mol. The summed E-state index contributed by atoms with van der Waals surface area (Å²) in [6.45, 7) is 2.02. The van der Waals surface area contributed by atoms with Crippen molar-refractivity contribution in [2.45, 2.75) is 17.7 Å². The Morgan fingerprint density at radius 2 is 2.08 bits per heavy atom. The summed E-state index contributed by atoms with van der Waals surface area (Å²) in [5.74, 6) is 1.05. The molecule has 2 fully saturated rings. The maximum Gasteiger partial charge on any atom is 0.316 e. The Hall–Kier alpha value is -1.93. The van der Waals surface area contributed by atoms with E-state index in [2.05, 4.69) is 14.9 Å². The van der Waals surface area contributed by atoms with Crippen molar-refractivity contribution in [3.8, 4) is 6.01 Å². The Morgan fingerprint density at radius 3 is 2.79 bits per heavy atom. The summed E-state index contributed by atoms with van der Waals surface area (Å²) in [6, 6.07) is 5.76. The van der Waals surface area contributed by atoms with Gasteiger partial charge in [-0.3, -0.25) is 4.90 Å². The maximum atomic E-state index is 12.6. The van der Waals surface area contributed by atoms with Crippen molar-refractivity contribution in [2.24, 2.45) is 5.92 Å². The molecular formula is C16H19N3O4S. The number of likely N-dealkylation sites (tertiary alicyclic amines) is 1. The zero-order valence-electron chi connectivity index (χ0n) is 13.2. The molecule has 1 spiro atoms. The number of sulfone groups is 1. The predicted molar refractivity (Wildman–Crippen MR) is 86.1 cm³/mol. The van der Waals surface area contributed by atoms with Gasteiger partial charge >= 0.3 is 6.01 Å². The summed E-state index contributed by atoms with van der Waals surface area (Å²) in [4.78, 5) is 10.2. The molecule has 8 heteroatoms. The van der Waals surface area contributed by atoms with Crippen LogP contribution in [0.1, 0.15) is 12.2 Å². The minimum Gasteiger partial charge on any atom is -0.468 e. The topological polar surface area (TPSA) is 85.5 Å². The molecule has 0 amide bonds. The van der Waals surface area contributed by atoms with Gasteiger partial charge in [0.05, 0.1) is 25.2 Å². The van der Waals surface area contributed by atoms with Crippen molar-refractivity contribution in [3.05, 3.63) is 42.6 Å². The normalized spacial score (nSPS) is 24.8. The third-order valence-electron chi connectivity index (χ3n) is 5.00. The smallest absolute Gasteiger partial charge is 0.316 e. The number of aromatic nitrogens is 2. The second-order valence-corrected chi connectivity index (χ2v) is 8.89. The minimum atomic E-state index is -3.11. The molecule has 2 aromatic rings. The zero-order valence-corrected chi connectivity index (χ0v) is 14.0. The van der Waals surface area contributed by atoms with Gasteiger partial charge in [0.25, 0.3) is 0 Å². The third-order valence-corrected chi connectivity index (χ3v) is 7.60. The van der Waals surface area contributed by atoms with Gasteiger partial charge in [-0.15, -0.1) is 0 Å². The van der Waals surface area contributed by atoms with Crippen LogP contribution in [-0.2, 0) is 16.4 Å². The molecule has 0 radical (unpaired) electrons. The standard InChI is InChI=1S/C16H19N3O4S/c20-24(21)8-4-13(10-23-15-17-5-2-6-18-15)16(24)11-19(12-16)9-14-3-1-7-22-14/h1-3,5-7,13H,4,8-12H2/t13-/m1/s1. The van der Waals surface area contributed by atoms with Crippen LogP contribution < -0.4 is 4.74 Å². The van der Waals surface area contributed by atoms with Gasteiger partial charge in [0, 0.05) is 31.4 Å². The number of rotatable bonds is 5. The minimum absolute atomic E-state index is 0.0286. The summed E-state index contributed by atoms with van der Waals surface area (Å²) >= 11 is 0. The van der Waals surface area contributed by atoms with Crippen LogP contribution in [0.2, 0.25) is 0 Å². The van der Waals surface area contributed by atoms with Crippen molar-refractivity contribution in [1.29, 1.82) is 0 Å². The summed E-state index contributed by atoms with van der Waals surface area (Å²) in [6.07, 6.45) is 5.48. The molecule has 4 heterocycles. The molecule has 2 aromatic heterocycles. The highest BCUT2D eigenvalue weighted by Crippen LogP contribution is 2.45. The Kier molecular flexibility index (Phi) is 3.80. The van der Waals surface area contributed by atoms with Crippen LogP contribution in [0.5, 0.6) is 6.01 Å². The molecule has 1 atom stereocenters.